The van der Waals surface area contributed by atoms with Crippen LogP contribution in [0.25, 0.3) is 0 Å². The first kappa shape index (κ1) is 19.7. The molecule has 146 valence electrons. The van der Waals surface area contributed by atoms with E-state index < -0.39 is 5.66 Å². The van der Waals surface area contributed by atoms with Crippen molar-refractivity contribution in [2.75, 3.05) is 19.6 Å². The molecule has 0 bridgehead atoms. The van der Waals surface area contributed by atoms with E-state index >= 15 is 0 Å². The van der Waals surface area contributed by atoms with Gasteiger partial charge in [-0.05, 0) is 68.5 Å². The summed E-state index contributed by atoms with van der Waals surface area (Å²) in [6.45, 7) is 2.69. The summed E-state index contributed by atoms with van der Waals surface area (Å²) < 4.78 is 0. The van der Waals surface area contributed by atoms with Crippen LogP contribution in [0, 0.1) is 16.0 Å². The minimum atomic E-state index is -0.849. The highest BCUT2D eigenvalue weighted by molar-refractivity contribution is 6.30. The molecule has 1 aromatic carbocycles. The Labute approximate surface area is 164 Å². The molecule has 0 aromatic heterocycles. The molecular weight excluding hydrogens is 366 g/mol. The van der Waals surface area contributed by atoms with E-state index in [1.54, 1.807) is 6.08 Å². The molecule has 5 N–H and O–H groups in total. The molecule has 7 nitrogen and oxygen atoms in total. The van der Waals surface area contributed by atoms with Gasteiger partial charge in [0.05, 0.1) is 11.1 Å². The van der Waals surface area contributed by atoms with Crippen molar-refractivity contribution in [2.45, 2.75) is 31.3 Å². The minimum Gasteiger partial charge on any atom is -0.379 e. The van der Waals surface area contributed by atoms with Crippen LogP contribution >= 0.6 is 11.6 Å². The summed E-state index contributed by atoms with van der Waals surface area (Å²) in [5.74, 6) is 0.508. The molecule has 0 saturated carbocycles. The maximum absolute atomic E-state index is 11.4. The van der Waals surface area contributed by atoms with E-state index in [-0.39, 0.29) is 10.6 Å². The quantitative estimate of drug-likeness (QED) is 0.419. The van der Waals surface area contributed by atoms with Crippen molar-refractivity contribution in [1.82, 2.24) is 16.0 Å². The average Bonchev–Trinajstić information content (AvgIpc) is 2.66. The van der Waals surface area contributed by atoms with Gasteiger partial charge in [-0.2, -0.15) is 0 Å². The molecule has 2 aliphatic heterocycles. The second-order valence-electron chi connectivity index (χ2n) is 7.23. The first-order chi connectivity index (χ1) is 13.0. The molecule has 0 aliphatic carbocycles. The van der Waals surface area contributed by atoms with Gasteiger partial charge in [0.15, 0.2) is 0 Å². The molecule has 1 aromatic rings. The zero-order chi connectivity index (χ0) is 19.3. The van der Waals surface area contributed by atoms with Gasteiger partial charge in [0.2, 0.25) is 0 Å². The van der Waals surface area contributed by atoms with Crippen molar-refractivity contribution in [1.29, 1.82) is 0 Å². The summed E-state index contributed by atoms with van der Waals surface area (Å²) in [6, 6.07) is 7.64. The molecule has 0 amide bonds. The second-order valence-corrected chi connectivity index (χ2v) is 7.67. The third kappa shape index (κ3) is 5.45. The Bertz CT molecular complexity index is 745. The Morgan fingerprint density at radius 2 is 2.15 bits per heavy atom. The lowest BCUT2D eigenvalue weighted by Gasteiger charge is -2.31. The number of hydrogen-bond donors (Lipinski definition) is 4. The van der Waals surface area contributed by atoms with Crippen LogP contribution in [0.4, 0.5) is 0 Å². The van der Waals surface area contributed by atoms with E-state index in [1.165, 1.54) is 6.20 Å². The molecule has 27 heavy (non-hydrogen) atoms. The number of aryl methyl sites for hydroxylation is 1. The number of nitrogens with one attached hydrogen (secondary N) is 3. The molecule has 1 unspecified atom stereocenters. The first-order valence-electron chi connectivity index (χ1n) is 9.28. The molecule has 0 spiro atoms. The van der Waals surface area contributed by atoms with Crippen molar-refractivity contribution in [2.24, 2.45) is 11.7 Å². The van der Waals surface area contributed by atoms with Gasteiger partial charge in [0.25, 0.3) is 0 Å². The predicted octanol–water partition coefficient (Wildman–Crippen LogP) is 2.12. The maximum atomic E-state index is 11.4. The van der Waals surface area contributed by atoms with Crippen molar-refractivity contribution >= 4 is 11.6 Å². The van der Waals surface area contributed by atoms with E-state index in [1.807, 2.05) is 24.3 Å². The van der Waals surface area contributed by atoms with Crippen molar-refractivity contribution in [3.8, 4) is 0 Å². The molecule has 2 heterocycles. The number of nitro groups is 1. The Balaban J connectivity index is 1.67. The molecule has 8 heteroatoms. The largest absolute Gasteiger partial charge is 0.379 e. The highest BCUT2D eigenvalue weighted by Crippen LogP contribution is 2.22. The SMILES string of the molecule is NC1(CCc2cccc(Cl)c2)C=C(NCC2CCNCC2)C([N+](=O)[O-])=CN1. The lowest BCUT2D eigenvalue weighted by atomic mass is 9.95. The molecule has 0 radical (unpaired) electrons. The Morgan fingerprint density at radius 3 is 2.85 bits per heavy atom. The van der Waals surface area contributed by atoms with Crippen molar-refractivity contribution in [3.05, 3.63) is 68.6 Å². The number of halogens is 1. The highest BCUT2D eigenvalue weighted by Gasteiger charge is 2.31. The van der Waals surface area contributed by atoms with Gasteiger partial charge in [-0.1, -0.05) is 23.7 Å². The number of rotatable bonds is 7. The molecule has 1 fully saturated rings. The molecular formula is C19H26ClN5O2. The van der Waals surface area contributed by atoms with Crippen LogP contribution < -0.4 is 21.7 Å². The van der Waals surface area contributed by atoms with Gasteiger partial charge in [-0.25, -0.2) is 0 Å². The van der Waals surface area contributed by atoms with Gasteiger partial charge in [-0.3, -0.25) is 10.1 Å². The third-order valence-electron chi connectivity index (χ3n) is 5.11. The van der Waals surface area contributed by atoms with Crippen molar-refractivity contribution in [3.63, 3.8) is 0 Å². The third-order valence-corrected chi connectivity index (χ3v) is 5.34. The van der Waals surface area contributed by atoms with Crippen LogP contribution in [0.5, 0.6) is 0 Å². The number of benzene rings is 1. The lowest BCUT2D eigenvalue weighted by Crippen LogP contribution is -2.53. The van der Waals surface area contributed by atoms with E-state index in [0.29, 0.717) is 36.0 Å². The van der Waals surface area contributed by atoms with Gasteiger partial charge in [0, 0.05) is 11.6 Å². The lowest BCUT2D eigenvalue weighted by molar-refractivity contribution is -0.422. The standard InChI is InChI=1S/C19H26ClN5O2/c20-16-3-1-2-14(10-16)4-7-19(21)11-17(18(13-24-19)25(26)27)23-12-15-5-8-22-9-6-15/h1-3,10-11,13,15,22-24H,4-9,12,21H2. The van der Waals surface area contributed by atoms with Crippen LogP contribution in [0.2, 0.25) is 5.02 Å². The van der Waals surface area contributed by atoms with Crippen LogP contribution in [0.3, 0.4) is 0 Å². The van der Waals surface area contributed by atoms with Crippen LogP contribution in [-0.2, 0) is 6.42 Å². The fourth-order valence-corrected chi connectivity index (χ4v) is 3.69. The second kappa shape index (κ2) is 8.73. The van der Waals surface area contributed by atoms with Crippen LogP contribution in [-0.4, -0.2) is 30.2 Å². The molecule has 3 rings (SSSR count). The predicted molar refractivity (Wildman–Crippen MR) is 107 cm³/mol. The summed E-state index contributed by atoms with van der Waals surface area (Å²) in [4.78, 5) is 11.0. The van der Waals surface area contributed by atoms with Gasteiger partial charge >= 0.3 is 5.70 Å². The fraction of sp³-hybridized carbons (Fsp3) is 0.474. The summed E-state index contributed by atoms with van der Waals surface area (Å²) in [6.07, 6.45) is 6.59. The van der Waals surface area contributed by atoms with Gasteiger partial charge in [0.1, 0.15) is 11.4 Å². The minimum absolute atomic E-state index is 0.0211. The van der Waals surface area contributed by atoms with Crippen LogP contribution in [0.1, 0.15) is 24.8 Å². The van der Waals surface area contributed by atoms with E-state index in [9.17, 15) is 10.1 Å². The zero-order valence-corrected chi connectivity index (χ0v) is 16.0. The normalized spacial score (nSPS) is 23.2. The Hall–Kier alpha value is -2.09. The summed E-state index contributed by atoms with van der Waals surface area (Å²) in [5, 5.41) is 21.7. The average molecular weight is 392 g/mol. The number of hydrogen-bond acceptors (Lipinski definition) is 6. The monoisotopic (exact) mass is 391 g/mol. The van der Waals surface area contributed by atoms with E-state index in [0.717, 1.165) is 31.5 Å². The molecule has 1 atom stereocenters. The van der Waals surface area contributed by atoms with Gasteiger partial charge in [-0.15, -0.1) is 0 Å². The smallest absolute Gasteiger partial charge is 0.307 e. The van der Waals surface area contributed by atoms with Crippen molar-refractivity contribution < 1.29 is 4.92 Å². The summed E-state index contributed by atoms with van der Waals surface area (Å²) in [5.41, 5.74) is 7.21. The number of nitrogens with zero attached hydrogens (tertiary/aromatic N) is 1. The number of piperidine rings is 1. The maximum Gasteiger partial charge on any atom is 0.307 e. The van der Waals surface area contributed by atoms with E-state index in [4.69, 9.17) is 17.3 Å². The Kier molecular flexibility index (Phi) is 6.36. The highest BCUT2D eigenvalue weighted by atomic mass is 35.5. The van der Waals surface area contributed by atoms with Crippen LogP contribution in [0.15, 0.2) is 47.9 Å². The Morgan fingerprint density at radius 1 is 1.37 bits per heavy atom. The number of nitrogens with two attached hydrogens (primary N) is 1. The number of dihydropyridines is 1. The molecule has 1 saturated heterocycles. The molecule has 2 aliphatic rings. The fourth-order valence-electron chi connectivity index (χ4n) is 3.47. The zero-order valence-electron chi connectivity index (χ0n) is 15.2. The van der Waals surface area contributed by atoms with E-state index in [2.05, 4.69) is 16.0 Å². The van der Waals surface area contributed by atoms with Gasteiger partial charge < -0.3 is 21.7 Å². The summed E-state index contributed by atoms with van der Waals surface area (Å²) in [7, 11) is 0. The topological polar surface area (TPSA) is 105 Å². The first-order valence-corrected chi connectivity index (χ1v) is 9.66. The summed E-state index contributed by atoms with van der Waals surface area (Å²) >= 11 is 6.04.